The summed E-state index contributed by atoms with van der Waals surface area (Å²) >= 11 is 0. The van der Waals surface area contributed by atoms with Crippen LogP contribution in [0, 0.1) is 0 Å². The average Bonchev–Trinajstić information content (AvgIpc) is 2.81. The molecule has 1 heterocycles. The molecule has 0 bridgehead atoms. The molecule has 0 spiro atoms. The van der Waals surface area contributed by atoms with Crippen molar-refractivity contribution in [3.05, 3.63) is 54.1 Å². The average molecular weight is 229 g/mol. The third-order valence-corrected chi connectivity index (χ3v) is 3.07. The lowest BCUT2D eigenvalue weighted by molar-refractivity contribution is 0.529. The van der Waals surface area contributed by atoms with Crippen molar-refractivity contribution in [3.8, 4) is 0 Å². The van der Waals surface area contributed by atoms with Gasteiger partial charge in [0.2, 0.25) is 0 Å². The topological polar surface area (TPSA) is 43.8 Å². The molecule has 2 atom stereocenters. The number of aromatic nitrogens is 2. The molecule has 0 aliphatic heterocycles. The fourth-order valence-electron chi connectivity index (χ4n) is 2.20. The molecule has 17 heavy (non-hydrogen) atoms. The van der Waals surface area contributed by atoms with Gasteiger partial charge in [-0.1, -0.05) is 37.3 Å². The van der Waals surface area contributed by atoms with E-state index in [4.69, 9.17) is 5.73 Å². The van der Waals surface area contributed by atoms with E-state index in [0.29, 0.717) is 6.04 Å². The van der Waals surface area contributed by atoms with Crippen LogP contribution in [0.1, 0.15) is 43.6 Å². The SMILES string of the molecule is CCC(c1ccccc1)n1cncc1C(C)N. The van der Waals surface area contributed by atoms with E-state index in [1.165, 1.54) is 5.56 Å². The molecule has 3 nitrogen and oxygen atoms in total. The quantitative estimate of drug-likeness (QED) is 0.876. The summed E-state index contributed by atoms with van der Waals surface area (Å²) in [5, 5.41) is 0. The summed E-state index contributed by atoms with van der Waals surface area (Å²) in [7, 11) is 0. The highest BCUT2D eigenvalue weighted by atomic mass is 15.1. The first-order valence-electron chi connectivity index (χ1n) is 6.06. The molecule has 0 saturated heterocycles. The zero-order chi connectivity index (χ0) is 12.3. The highest BCUT2D eigenvalue weighted by Gasteiger charge is 2.16. The second kappa shape index (κ2) is 5.15. The molecule has 0 radical (unpaired) electrons. The summed E-state index contributed by atoms with van der Waals surface area (Å²) in [5.41, 5.74) is 8.35. The number of nitrogens with two attached hydrogens (primary N) is 1. The van der Waals surface area contributed by atoms with Gasteiger partial charge in [-0.3, -0.25) is 0 Å². The lowest BCUT2D eigenvalue weighted by Crippen LogP contribution is -2.16. The monoisotopic (exact) mass is 229 g/mol. The van der Waals surface area contributed by atoms with Crippen molar-refractivity contribution < 1.29 is 0 Å². The standard InChI is InChI=1S/C14H19N3/c1-3-13(12-7-5-4-6-8-12)17-10-16-9-14(17)11(2)15/h4-11,13H,3,15H2,1-2H3. The Hall–Kier alpha value is -1.61. The molecule has 1 aromatic carbocycles. The van der Waals surface area contributed by atoms with Crippen LogP contribution in [0.5, 0.6) is 0 Å². The zero-order valence-electron chi connectivity index (χ0n) is 10.4. The fourth-order valence-corrected chi connectivity index (χ4v) is 2.20. The second-order valence-electron chi connectivity index (χ2n) is 4.35. The Labute approximate surface area is 102 Å². The Morgan fingerprint density at radius 3 is 2.59 bits per heavy atom. The summed E-state index contributed by atoms with van der Waals surface area (Å²) < 4.78 is 2.18. The highest BCUT2D eigenvalue weighted by Crippen LogP contribution is 2.25. The molecule has 2 unspecified atom stereocenters. The van der Waals surface area contributed by atoms with Crippen LogP contribution in [0.2, 0.25) is 0 Å². The Morgan fingerprint density at radius 2 is 2.00 bits per heavy atom. The normalized spacial score (nSPS) is 14.5. The van der Waals surface area contributed by atoms with Crippen LogP contribution >= 0.6 is 0 Å². The van der Waals surface area contributed by atoms with Crippen LogP contribution in [0.4, 0.5) is 0 Å². The number of imidazole rings is 1. The van der Waals surface area contributed by atoms with Crippen molar-refractivity contribution >= 4 is 0 Å². The third kappa shape index (κ3) is 2.39. The van der Waals surface area contributed by atoms with E-state index >= 15 is 0 Å². The summed E-state index contributed by atoms with van der Waals surface area (Å²) in [6, 6.07) is 10.8. The van der Waals surface area contributed by atoms with Gasteiger partial charge in [0.15, 0.2) is 0 Å². The van der Waals surface area contributed by atoms with Crippen LogP contribution in [0.25, 0.3) is 0 Å². The van der Waals surface area contributed by atoms with Crippen LogP contribution in [0.3, 0.4) is 0 Å². The van der Waals surface area contributed by atoms with Crippen molar-refractivity contribution in [2.45, 2.75) is 32.4 Å². The maximum absolute atomic E-state index is 5.97. The highest BCUT2D eigenvalue weighted by molar-refractivity contribution is 5.21. The maximum Gasteiger partial charge on any atom is 0.0954 e. The van der Waals surface area contributed by atoms with Gasteiger partial charge in [0.1, 0.15) is 0 Å². The first-order chi connectivity index (χ1) is 8.24. The van der Waals surface area contributed by atoms with E-state index < -0.39 is 0 Å². The van der Waals surface area contributed by atoms with Gasteiger partial charge in [0.05, 0.1) is 18.1 Å². The predicted octanol–water partition coefficient (Wildman–Crippen LogP) is 2.90. The van der Waals surface area contributed by atoms with Gasteiger partial charge in [-0.15, -0.1) is 0 Å². The Morgan fingerprint density at radius 1 is 1.29 bits per heavy atom. The Kier molecular flexibility index (Phi) is 3.59. The first-order valence-corrected chi connectivity index (χ1v) is 6.06. The molecule has 3 heteroatoms. The summed E-state index contributed by atoms with van der Waals surface area (Å²) in [6.07, 6.45) is 4.76. The molecular formula is C14H19N3. The molecule has 0 aliphatic rings. The lowest BCUT2D eigenvalue weighted by atomic mass is 10.0. The molecule has 2 rings (SSSR count). The van der Waals surface area contributed by atoms with Gasteiger partial charge in [-0.05, 0) is 18.9 Å². The number of benzene rings is 1. The Bertz CT molecular complexity index is 459. The van der Waals surface area contributed by atoms with Crippen molar-refractivity contribution in [1.82, 2.24) is 9.55 Å². The van der Waals surface area contributed by atoms with E-state index in [9.17, 15) is 0 Å². The van der Waals surface area contributed by atoms with Gasteiger partial charge in [-0.25, -0.2) is 4.98 Å². The third-order valence-electron chi connectivity index (χ3n) is 3.07. The molecule has 2 aromatic rings. The van der Waals surface area contributed by atoms with Crippen LogP contribution < -0.4 is 5.73 Å². The van der Waals surface area contributed by atoms with E-state index in [0.717, 1.165) is 12.1 Å². The predicted molar refractivity (Wildman–Crippen MR) is 69.7 cm³/mol. The zero-order valence-corrected chi connectivity index (χ0v) is 10.4. The molecule has 0 saturated carbocycles. The molecule has 2 N–H and O–H groups in total. The molecule has 1 aromatic heterocycles. The number of rotatable bonds is 4. The molecular weight excluding hydrogens is 210 g/mol. The van der Waals surface area contributed by atoms with Gasteiger partial charge in [0.25, 0.3) is 0 Å². The van der Waals surface area contributed by atoms with Crippen molar-refractivity contribution in [2.75, 3.05) is 0 Å². The van der Waals surface area contributed by atoms with Crippen molar-refractivity contribution in [2.24, 2.45) is 5.73 Å². The van der Waals surface area contributed by atoms with E-state index in [1.807, 2.05) is 25.5 Å². The smallest absolute Gasteiger partial charge is 0.0954 e. The number of hydrogen-bond acceptors (Lipinski definition) is 2. The molecule has 90 valence electrons. The summed E-state index contributed by atoms with van der Waals surface area (Å²) in [5.74, 6) is 0. The molecule has 0 aliphatic carbocycles. The maximum atomic E-state index is 5.97. The number of nitrogens with zero attached hydrogens (tertiary/aromatic N) is 2. The van der Waals surface area contributed by atoms with Crippen LogP contribution in [0.15, 0.2) is 42.9 Å². The van der Waals surface area contributed by atoms with E-state index in [1.54, 1.807) is 0 Å². The first kappa shape index (κ1) is 11.9. The second-order valence-corrected chi connectivity index (χ2v) is 4.35. The van der Waals surface area contributed by atoms with Crippen LogP contribution in [-0.4, -0.2) is 9.55 Å². The van der Waals surface area contributed by atoms with Crippen LogP contribution in [-0.2, 0) is 0 Å². The van der Waals surface area contributed by atoms with Gasteiger partial charge < -0.3 is 10.3 Å². The number of hydrogen-bond donors (Lipinski definition) is 1. The van der Waals surface area contributed by atoms with Gasteiger partial charge >= 0.3 is 0 Å². The molecule has 0 fully saturated rings. The molecule has 0 amide bonds. The summed E-state index contributed by atoms with van der Waals surface area (Å²) in [6.45, 7) is 4.17. The minimum absolute atomic E-state index is 0.00950. The van der Waals surface area contributed by atoms with Crippen molar-refractivity contribution in [1.29, 1.82) is 0 Å². The Balaban J connectivity index is 2.39. The minimum Gasteiger partial charge on any atom is -0.326 e. The lowest BCUT2D eigenvalue weighted by Gasteiger charge is -2.21. The van der Waals surface area contributed by atoms with Crippen molar-refractivity contribution in [3.63, 3.8) is 0 Å². The fraction of sp³-hybridized carbons (Fsp3) is 0.357. The van der Waals surface area contributed by atoms with Gasteiger partial charge in [-0.2, -0.15) is 0 Å². The van der Waals surface area contributed by atoms with E-state index in [-0.39, 0.29) is 6.04 Å². The van der Waals surface area contributed by atoms with Gasteiger partial charge in [0, 0.05) is 12.2 Å². The minimum atomic E-state index is 0.00950. The largest absolute Gasteiger partial charge is 0.326 e. The van der Waals surface area contributed by atoms with E-state index in [2.05, 4.69) is 40.7 Å². The summed E-state index contributed by atoms with van der Waals surface area (Å²) in [4.78, 5) is 4.22.